The van der Waals surface area contributed by atoms with E-state index in [9.17, 15) is 4.79 Å². The first-order valence-electron chi connectivity index (χ1n) is 8.47. The number of carbonyl (C=O) groups is 1. The highest BCUT2D eigenvalue weighted by molar-refractivity contribution is 5.86. The minimum atomic E-state index is -0.589. The van der Waals surface area contributed by atoms with Gasteiger partial charge in [0.25, 0.3) is 0 Å². The van der Waals surface area contributed by atoms with Gasteiger partial charge in [0.15, 0.2) is 0 Å². The summed E-state index contributed by atoms with van der Waals surface area (Å²) < 4.78 is 5.47. The van der Waals surface area contributed by atoms with Crippen molar-refractivity contribution in [2.75, 3.05) is 6.61 Å². The number of aromatic amines is 1. The second kappa shape index (κ2) is 9.27. The van der Waals surface area contributed by atoms with Gasteiger partial charge in [0.05, 0.1) is 12.6 Å². The molecule has 0 unspecified atom stereocenters. The van der Waals surface area contributed by atoms with Gasteiger partial charge in [-0.2, -0.15) is 0 Å². The highest BCUT2D eigenvalue weighted by Crippen LogP contribution is 2.19. The lowest BCUT2D eigenvalue weighted by molar-refractivity contribution is -0.122. The van der Waals surface area contributed by atoms with Crippen LogP contribution in [0.1, 0.15) is 18.1 Å². The number of halogens is 1. The molecular weight excluding hydrogens is 350 g/mol. The van der Waals surface area contributed by atoms with E-state index in [1.54, 1.807) is 0 Å². The number of para-hydroxylation sites is 1. The number of fused-ring (bicyclic) bond motifs is 1. The van der Waals surface area contributed by atoms with E-state index < -0.39 is 6.04 Å². The van der Waals surface area contributed by atoms with Crippen LogP contribution in [0.4, 0.5) is 0 Å². The predicted octanol–water partition coefficient (Wildman–Crippen LogP) is 3.17. The Hall–Kier alpha value is -2.50. The summed E-state index contributed by atoms with van der Waals surface area (Å²) in [7, 11) is 0. The van der Waals surface area contributed by atoms with Gasteiger partial charge in [-0.1, -0.05) is 30.3 Å². The molecule has 6 heteroatoms. The van der Waals surface area contributed by atoms with Crippen molar-refractivity contribution in [1.29, 1.82) is 0 Å². The molecule has 0 saturated heterocycles. The highest BCUT2D eigenvalue weighted by Gasteiger charge is 2.16. The van der Waals surface area contributed by atoms with Crippen molar-refractivity contribution in [3.63, 3.8) is 0 Å². The zero-order chi connectivity index (χ0) is 17.6. The van der Waals surface area contributed by atoms with Gasteiger partial charge in [-0.05, 0) is 42.7 Å². The molecular formula is C20H24ClN3O2. The summed E-state index contributed by atoms with van der Waals surface area (Å²) in [5, 5.41) is 4.01. The van der Waals surface area contributed by atoms with E-state index in [0.29, 0.717) is 19.6 Å². The van der Waals surface area contributed by atoms with Crippen LogP contribution >= 0.6 is 12.4 Å². The molecule has 0 aliphatic rings. The number of amides is 1. The zero-order valence-corrected chi connectivity index (χ0v) is 15.5. The minimum absolute atomic E-state index is 0. The smallest absolute Gasteiger partial charge is 0.237 e. The molecule has 0 spiro atoms. The number of hydrogen-bond donors (Lipinski definition) is 3. The van der Waals surface area contributed by atoms with Gasteiger partial charge < -0.3 is 20.8 Å². The topological polar surface area (TPSA) is 80.1 Å². The third-order valence-corrected chi connectivity index (χ3v) is 4.13. The Balaban J connectivity index is 0.00000243. The van der Waals surface area contributed by atoms with Crippen molar-refractivity contribution in [3.8, 4) is 5.75 Å². The van der Waals surface area contributed by atoms with E-state index in [-0.39, 0.29) is 18.3 Å². The van der Waals surface area contributed by atoms with Gasteiger partial charge in [0.1, 0.15) is 5.75 Å². The predicted molar refractivity (Wildman–Crippen MR) is 107 cm³/mol. The van der Waals surface area contributed by atoms with E-state index in [1.165, 1.54) is 0 Å². The molecule has 0 fully saturated rings. The molecule has 1 amide bonds. The van der Waals surface area contributed by atoms with Crippen molar-refractivity contribution in [3.05, 3.63) is 65.9 Å². The first kappa shape index (κ1) is 19.8. The molecule has 1 heterocycles. The Morgan fingerprint density at radius 3 is 2.85 bits per heavy atom. The van der Waals surface area contributed by atoms with E-state index >= 15 is 0 Å². The lowest BCUT2D eigenvalue weighted by atomic mass is 10.0. The summed E-state index contributed by atoms with van der Waals surface area (Å²) in [5.74, 6) is 0.643. The Morgan fingerprint density at radius 1 is 1.23 bits per heavy atom. The molecule has 1 atom stereocenters. The van der Waals surface area contributed by atoms with Gasteiger partial charge in [0.2, 0.25) is 5.91 Å². The van der Waals surface area contributed by atoms with Gasteiger partial charge in [-0.3, -0.25) is 4.79 Å². The van der Waals surface area contributed by atoms with Crippen LogP contribution in [0.3, 0.4) is 0 Å². The highest BCUT2D eigenvalue weighted by atomic mass is 35.5. The summed E-state index contributed by atoms with van der Waals surface area (Å²) >= 11 is 0. The Morgan fingerprint density at radius 2 is 2.04 bits per heavy atom. The van der Waals surface area contributed by atoms with Crippen LogP contribution in [0, 0.1) is 0 Å². The summed E-state index contributed by atoms with van der Waals surface area (Å²) in [6.07, 6.45) is 2.41. The number of nitrogens with two attached hydrogens (primary N) is 1. The van der Waals surface area contributed by atoms with Crippen LogP contribution in [0.5, 0.6) is 5.75 Å². The van der Waals surface area contributed by atoms with Gasteiger partial charge in [0, 0.05) is 23.6 Å². The van der Waals surface area contributed by atoms with Crippen molar-refractivity contribution < 1.29 is 9.53 Å². The molecule has 5 nitrogen and oxygen atoms in total. The van der Waals surface area contributed by atoms with Crippen LogP contribution in [-0.4, -0.2) is 23.5 Å². The number of carbonyl (C=O) groups excluding carboxylic acids is 1. The summed E-state index contributed by atoms with van der Waals surface area (Å²) in [4.78, 5) is 15.5. The molecule has 2 aromatic carbocycles. The second-order valence-corrected chi connectivity index (χ2v) is 5.97. The van der Waals surface area contributed by atoms with Crippen LogP contribution in [0.15, 0.2) is 54.7 Å². The first-order chi connectivity index (χ1) is 12.2. The van der Waals surface area contributed by atoms with Gasteiger partial charge in [-0.15, -0.1) is 12.4 Å². The molecule has 0 aliphatic carbocycles. The van der Waals surface area contributed by atoms with Crippen molar-refractivity contribution >= 4 is 29.2 Å². The lowest BCUT2D eigenvalue weighted by Gasteiger charge is -2.12. The average Bonchev–Trinajstić information content (AvgIpc) is 3.03. The molecule has 0 saturated carbocycles. The molecule has 0 aliphatic heterocycles. The number of benzene rings is 2. The number of rotatable bonds is 7. The maximum Gasteiger partial charge on any atom is 0.237 e. The Bertz CT molecular complexity index is 863. The maximum atomic E-state index is 12.3. The normalized spacial score (nSPS) is 11.6. The molecule has 26 heavy (non-hydrogen) atoms. The van der Waals surface area contributed by atoms with E-state index in [2.05, 4.69) is 10.3 Å². The molecule has 3 aromatic rings. The monoisotopic (exact) mass is 373 g/mol. The molecule has 1 aromatic heterocycles. The first-order valence-corrected chi connectivity index (χ1v) is 8.47. The fraction of sp³-hybridized carbons (Fsp3) is 0.250. The molecule has 0 radical (unpaired) electrons. The zero-order valence-electron chi connectivity index (χ0n) is 14.7. The third kappa shape index (κ3) is 4.77. The molecule has 138 valence electrons. The largest absolute Gasteiger partial charge is 0.494 e. The van der Waals surface area contributed by atoms with Gasteiger partial charge in [-0.25, -0.2) is 0 Å². The van der Waals surface area contributed by atoms with Gasteiger partial charge >= 0.3 is 0 Å². The van der Waals surface area contributed by atoms with Crippen LogP contribution in [-0.2, 0) is 17.8 Å². The van der Waals surface area contributed by atoms with E-state index in [4.69, 9.17) is 10.5 Å². The van der Waals surface area contributed by atoms with E-state index in [1.807, 2.05) is 61.7 Å². The van der Waals surface area contributed by atoms with Crippen molar-refractivity contribution in [2.24, 2.45) is 5.73 Å². The standard InChI is InChI=1S/C20H23N3O2.ClH/c1-2-25-16-7-5-6-14(10-16)12-23-20(24)18(21)11-15-13-22-19-9-4-3-8-17(15)19;/h3-10,13,18,22H,2,11-12,21H2,1H3,(H,23,24);1H/t18-;/m0./s1. The van der Waals surface area contributed by atoms with Crippen molar-refractivity contribution in [2.45, 2.75) is 25.9 Å². The summed E-state index contributed by atoms with van der Waals surface area (Å²) in [6, 6.07) is 15.1. The van der Waals surface area contributed by atoms with Crippen LogP contribution in [0.25, 0.3) is 10.9 Å². The third-order valence-electron chi connectivity index (χ3n) is 4.13. The average molecular weight is 374 g/mol. The Labute approximate surface area is 159 Å². The quantitative estimate of drug-likeness (QED) is 0.595. The Kier molecular flexibility index (Phi) is 7.06. The summed E-state index contributed by atoms with van der Waals surface area (Å²) in [6.45, 7) is 2.99. The van der Waals surface area contributed by atoms with E-state index in [0.717, 1.165) is 27.8 Å². The maximum absolute atomic E-state index is 12.3. The number of hydrogen-bond acceptors (Lipinski definition) is 3. The molecule has 0 bridgehead atoms. The van der Waals surface area contributed by atoms with Crippen LogP contribution in [0.2, 0.25) is 0 Å². The molecule has 4 N–H and O–H groups in total. The van der Waals surface area contributed by atoms with Crippen LogP contribution < -0.4 is 15.8 Å². The van der Waals surface area contributed by atoms with Crippen molar-refractivity contribution in [1.82, 2.24) is 10.3 Å². The number of nitrogens with one attached hydrogen (secondary N) is 2. The second-order valence-electron chi connectivity index (χ2n) is 5.97. The minimum Gasteiger partial charge on any atom is -0.494 e. The fourth-order valence-corrected chi connectivity index (χ4v) is 2.86. The SMILES string of the molecule is CCOc1cccc(CNC(=O)[C@@H](N)Cc2c[nH]c3ccccc23)c1.Cl. The number of aromatic nitrogens is 1. The lowest BCUT2D eigenvalue weighted by Crippen LogP contribution is -2.41. The number of H-pyrrole nitrogens is 1. The molecule has 3 rings (SSSR count). The number of ether oxygens (including phenoxy) is 1. The fourth-order valence-electron chi connectivity index (χ4n) is 2.86. The summed E-state index contributed by atoms with van der Waals surface area (Å²) in [5.41, 5.74) is 9.18.